The van der Waals surface area contributed by atoms with Crippen molar-refractivity contribution in [3.05, 3.63) is 22.4 Å². The first-order valence-corrected chi connectivity index (χ1v) is 6.02. The molecule has 0 aliphatic heterocycles. The van der Waals surface area contributed by atoms with Crippen LogP contribution in [0.3, 0.4) is 0 Å². The molecule has 0 amide bonds. The second-order valence-electron chi connectivity index (χ2n) is 3.61. The van der Waals surface area contributed by atoms with Gasteiger partial charge in [0.25, 0.3) is 0 Å². The molecule has 4 nitrogen and oxygen atoms in total. The molecule has 0 aliphatic carbocycles. The third-order valence-electron chi connectivity index (χ3n) is 2.58. The minimum atomic E-state index is -0.987. The highest BCUT2D eigenvalue weighted by Crippen LogP contribution is 2.15. The van der Waals surface area contributed by atoms with Gasteiger partial charge in [0.05, 0.1) is 6.61 Å². The molecular formula is C11H17NO3S. The smallest absolute Gasteiger partial charge is 0.326 e. The molecule has 0 spiro atoms. The summed E-state index contributed by atoms with van der Waals surface area (Å²) >= 11 is 1.61. The molecule has 1 aromatic rings. The van der Waals surface area contributed by atoms with Crippen molar-refractivity contribution >= 4 is 17.3 Å². The zero-order valence-corrected chi connectivity index (χ0v) is 10.3. The number of ether oxygens (including phenoxy) is 1. The van der Waals surface area contributed by atoms with Crippen molar-refractivity contribution in [1.82, 2.24) is 5.32 Å². The van der Waals surface area contributed by atoms with E-state index in [9.17, 15) is 9.90 Å². The molecule has 90 valence electrons. The van der Waals surface area contributed by atoms with Gasteiger partial charge in [-0.2, -0.15) is 0 Å². The molecule has 0 saturated carbocycles. The number of hydrogen-bond donors (Lipinski definition) is 2. The summed E-state index contributed by atoms with van der Waals surface area (Å²) in [6.45, 7) is 2.57. The lowest BCUT2D eigenvalue weighted by Gasteiger charge is -2.28. The van der Waals surface area contributed by atoms with Crippen molar-refractivity contribution in [2.45, 2.75) is 25.4 Å². The standard InChI is InChI=1S/C11H17NO3S/c1-3-11(8-15-2,10(13)14)12-7-9-5-4-6-16-9/h4-6,12H,3,7-8H2,1-2H3,(H,13,14). The molecule has 0 aromatic carbocycles. The molecule has 0 saturated heterocycles. The van der Waals surface area contributed by atoms with Crippen LogP contribution in [0, 0.1) is 0 Å². The van der Waals surface area contributed by atoms with E-state index < -0.39 is 11.5 Å². The molecule has 1 unspecified atom stereocenters. The Morgan fingerprint density at radius 2 is 2.44 bits per heavy atom. The number of methoxy groups -OCH3 is 1. The van der Waals surface area contributed by atoms with Crippen LogP contribution in [0.4, 0.5) is 0 Å². The lowest BCUT2D eigenvalue weighted by Crippen LogP contribution is -2.54. The Hall–Kier alpha value is -0.910. The van der Waals surface area contributed by atoms with Crippen LogP contribution in [-0.4, -0.2) is 30.3 Å². The number of rotatable bonds is 7. The van der Waals surface area contributed by atoms with Crippen molar-refractivity contribution in [3.8, 4) is 0 Å². The van der Waals surface area contributed by atoms with Crippen LogP contribution in [0.2, 0.25) is 0 Å². The van der Waals surface area contributed by atoms with E-state index in [4.69, 9.17) is 4.74 Å². The van der Waals surface area contributed by atoms with Crippen molar-refractivity contribution in [2.75, 3.05) is 13.7 Å². The molecule has 0 radical (unpaired) electrons. The molecule has 1 heterocycles. The van der Waals surface area contributed by atoms with Gasteiger partial charge in [-0.15, -0.1) is 11.3 Å². The van der Waals surface area contributed by atoms with Gasteiger partial charge in [-0.05, 0) is 17.9 Å². The Morgan fingerprint density at radius 3 is 2.88 bits per heavy atom. The molecular weight excluding hydrogens is 226 g/mol. The third-order valence-corrected chi connectivity index (χ3v) is 3.46. The second-order valence-corrected chi connectivity index (χ2v) is 4.64. The first-order chi connectivity index (χ1) is 7.64. The highest BCUT2D eigenvalue weighted by Gasteiger charge is 2.36. The van der Waals surface area contributed by atoms with E-state index in [0.717, 1.165) is 4.88 Å². The van der Waals surface area contributed by atoms with E-state index >= 15 is 0 Å². The van der Waals surface area contributed by atoms with E-state index in [1.54, 1.807) is 11.3 Å². The fraction of sp³-hybridized carbons (Fsp3) is 0.545. The van der Waals surface area contributed by atoms with E-state index in [2.05, 4.69) is 5.32 Å². The number of aliphatic carboxylic acids is 1. The first-order valence-electron chi connectivity index (χ1n) is 5.14. The van der Waals surface area contributed by atoms with Crippen LogP contribution in [0.25, 0.3) is 0 Å². The number of carboxylic acid groups (broad SMARTS) is 1. The topological polar surface area (TPSA) is 58.6 Å². The number of thiophene rings is 1. The first kappa shape index (κ1) is 13.2. The van der Waals surface area contributed by atoms with Crippen molar-refractivity contribution in [1.29, 1.82) is 0 Å². The van der Waals surface area contributed by atoms with Gasteiger partial charge < -0.3 is 9.84 Å². The number of hydrogen-bond acceptors (Lipinski definition) is 4. The minimum absolute atomic E-state index is 0.171. The largest absolute Gasteiger partial charge is 0.480 e. The average molecular weight is 243 g/mol. The summed E-state index contributed by atoms with van der Waals surface area (Å²) in [5, 5.41) is 14.3. The second kappa shape index (κ2) is 5.98. The van der Waals surface area contributed by atoms with Crippen LogP contribution in [0.15, 0.2) is 17.5 Å². The molecule has 16 heavy (non-hydrogen) atoms. The maximum absolute atomic E-state index is 11.3. The normalized spacial score (nSPS) is 14.6. The van der Waals surface area contributed by atoms with Crippen LogP contribution in [0.1, 0.15) is 18.2 Å². The molecule has 0 fully saturated rings. The lowest BCUT2D eigenvalue weighted by atomic mass is 9.97. The van der Waals surface area contributed by atoms with Gasteiger partial charge in [0.1, 0.15) is 5.54 Å². The summed E-state index contributed by atoms with van der Waals surface area (Å²) in [7, 11) is 1.51. The van der Waals surface area contributed by atoms with Crippen molar-refractivity contribution in [3.63, 3.8) is 0 Å². The van der Waals surface area contributed by atoms with Crippen molar-refractivity contribution in [2.24, 2.45) is 0 Å². The Bertz CT molecular complexity index is 326. The van der Waals surface area contributed by atoms with Gasteiger partial charge in [0.2, 0.25) is 0 Å². The average Bonchev–Trinajstić information content (AvgIpc) is 2.76. The highest BCUT2D eigenvalue weighted by atomic mass is 32.1. The Kier molecular flexibility index (Phi) is 4.92. The Labute approximate surface area is 99.2 Å². The lowest BCUT2D eigenvalue weighted by molar-refractivity contribution is -0.147. The number of nitrogens with one attached hydrogen (secondary N) is 1. The van der Waals surface area contributed by atoms with E-state index in [0.29, 0.717) is 13.0 Å². The molecule has 1 rings (SSSR count). The van der Waals surface area contributed by atoms with E-state index in [1.165, 1.54) is 7.11 Å². The predicted octanol–water partition coefficient (Wildman–Crippen LogP) is 1.72. The predicted molar refractivity (Wildman–Crippen MR) is 63.7 cm³/mol. The summed E-state index contributed by atoms with van der Waals surface area (Å²) in [5.41, 5.74) is -0.987. The Balaban J connectivity index is 2.66. The number of carboxylic acids is 1. The number of carbonyl (C=O) groups is 1. The van der Waals surface area contributed by atoms with Crippen LogP contribution in [-0.2, 0) is 16.1 Å². The molecule has 1 atom stereocenters. The van der Waals surface area contributed by atoms with Gasteiger partial charge in [-0.1, -0.05) is 13.0 Å². The summed E-state index contributed by atoms with van der Waals surface area (Å²) in [4.78, 5) is 12.4. The van der Waals surface area contributed by atoms with Crippen LogP contribution in [0.5, 0.6) is 0 Å². The zero-order chi connectivity index (χ0) is 12.0. The zero-order valence-electron chi connectivity index (χ0n) is 9.53. The molecule has 0 bridgehead atoms. The highest BCUT2D eigenvalue weighted by molar-refractivity contribution is 7.09. The fourth-order valence-corrected chi connectivity index (χ4v) is 2.13. The minimum Gasteiger partial charge on any atom is -0.480 e. The van der Waals surface area contributed by atoms with Gasteiger partial charge in [0, 0.05) is 18.5 Å². The summed E-state index contributed by atoms with van der Waals surface area (Å²) in [6, 6.07) is 3.93. The summed E-state index contributed by atoms with van der Waals surface area (Å²) in [5.74, 6) is -0.867. The van der Waals surface area contributed by atoms with E-state index in [1.807, 2.05) is 24.4 Å². The molecule has 1 aromatic heterocycles. The van der Waals surface area contributed by atoms with Crippen molar-refractivity contribution < 1.29 is 14.6 Å². The maximum Gasteiger partial charge on any atom is 0.326 e. The summed E-state index contributed by atoms with van der Waals surface area (Å²) < 4.78 is 4.99. The monoisotopic (exact) mass is 243 g/mol. The Morgan fingerprint density at radius 1 is 1.69 bits per heavy atom. The third kappa shape index (κ3) is 3.04. The molecule has 0 aliphatic rings. The van der Waals surface area contributed by atoms with E-state index in [-0.39, 0.29) is 6.61 Å². The fourth-order valence-electron chi connectivity index (χ4n) is 1.48. The summed E-state index contributed by atoms with van der Waals surface area (Å²) in [6.07, 6.45) is 0.488. The van der Waals surface area contributed by atoms with Crippen LogP contribution >= 0.6 is 11.3 Å². The van der Waals surface area contributed by atoms with Gasteiger partial charge in [-0.3, -0.25) is 10.1 Å². The maximum atomic E-state index is 11.3. The van der Waals surface area contributed by atoms with Gasteiger partial charge in [-0.25, -0.2) is 0 Å². The molecule has 2 N–H and O–H groups in total. The quantitative estimate of drug-likeness (QED) is 0.765. The van der Waals surface area contributed by atoms with Gasteiger partial charge >= 0.3 is 5.97 Å². The molecule has 5 heteroatoms. The van der Waals surface area contributed by atoms with Crippen LogP contribution < -0.4 is 5.32 Å². The SMILES string of the molecule is CCC(COC)(NCc1cccs1)C(=O)O. The van der Waals surface area contributed by atoms with Gasteiger partial charge in [0.15, 0.2) is 0 Å².